The molecule has 1 aliphatic carbocycles. The van der Waals surface area contributed by atoms with E-state index in [0.717, 1.165) is 24.7 Å². The minimum atomic E-state index is 0.705. The van der Waals surface area contributed by atoms with E-state index in [4.69, 9.17) is 11.6 Å². The Labute approximate surface area is 121 Å². The molecule has 106 valence electrons. The van der Waals surface area contributed by atoms with Crippen molar-refractivity contribution in [2.45, 2.75) is 25.4 Å². The minimum Gasteiger partial charge on any atom is -0.373 e. The normalized spacial score (nSPS) is 15.0. The number of nitrogens with zero attached hydrogens (tertiary/aromatic N) is 2. The topological polar surface area (TPSA) is 18.5 Å². The summed E-state index contributed by atoms with van der Waals surface area (Å²) in [4.78, 5) is 4.49. The quantitative estimate of drug-likeness (QED) is 0.829. The first-order valence-corrected chi connectivity index (χ1v) is 7.32. The molecule has 0 spiro atoms. The summed E-state index contributed by atoms with van der Waals surface area (Å²) in [6.07, 6.45) is 2.60. The lowest BCUT2D eigenvalue weighted by Crippen LogP contribution is -2.29. The molecule has 2 rings (SSSR count). The second kappa shape index (κ2) is 6.60. The zero-order chi connectivity index (χ0) is 13.8. The van der Waals surface area contributed by atoms with E-state index in [1.165, 1.54) is 24.1 Å². The van der Waals surface area contributed by atoms with Crippen LogP contribution in [0.4, 0.5) is 5.69 Å². The van der Waals surface area contributed by atoms with Gasteiger partial charge >= 0.3 is 0 Å². The summed E-state index contributed by atoms with van der Waals surface area (Å²) in [5.41, 5.74) is 2.46. The highest BCUT2D eigenvalue weighted by atomic mass is 35.5. The van der Waals surface area contributed by atoms with E-state index >= 15 is 0 Å². The molecule has 1 fully saturated rings. The zero-order valence-corrected chi connectivity index (χ0v) is 12.9. The van der Waals surface area contributed by atoms with E-state index in [-0.39, 0.29) is 0 Å². The van der Waals surface area contributed by atoms with Gasteiger partial charge in [0.2, 0.25) is 0 Å². The van der Waals surface area contributed by atoms with Gasteiger partial charge in [0.15, 0.2) is 0 Å². The van der Waals surface area contributed by atoms with Crippen molar-refractivity contribution in [3.8, 4) is 0 Å². The van der Waals surface area contributed by atoms with Crippen molar-refractivity contribution in [2.75, 3.05) is 39.1 Å². The van der Waals surface area contributed by atoms with Gasteiger partial charge in [-0.2, -0.15) is 0 Å². The third kappa shape index (κ3) is 4.37. The Bertz CT molecular complexity index is 416. The number of benzene rings is 1. The van der Waals surface area contributed by atoms with Gasteiger partial charge in [-0.25, -0.2) is 0 Å². The lowest BCUT2D eigenvalue weighted by molar-refractivity contribution is 0.416. The van der Waals surface area contributed by atoms with Gasteiger partial charge in [0, 0.05) is 49.0 Å². The molecule has 0 heterocycles. The molecule has 1 saturated carbocycles. The minimum absolute atomic E-state index is 0.705. The van der Waals surface area contributed by atoms with E-state index in [9.17, 15) is 0 Å². The SMILES string of the molecule is CN(C)CCN(C)c1cccc(Cl)c1CNC1CC1. The molecule has 0 amide bonds. The molecule has 1 aromatic carbocycles. The molecule has 1 aromatic rings. The Kier molecular flexibility index (Phi) is 5.08. The molecule has 1 aliphatic rings. The second-order valence-corrected chi connectivity index (χ2v) is 6.02. The highest BCUT2D eigenvalue weighted by Crippen LogP contribution is 2.28. The summed E-state index contributed by atoms with van der Waals surface area (Å²) < 4.78 is 0. The Morgan fingerprint density at radius 3 is 2.58 bits per heavy atom. The van der Waals surface area contributed by atoms with Crippen LogP contribution in [-0.4, -0.2) is 45.2 Å². The molecule has 0 aromatic heterocycles. The molecule has 19 heavy (non-hydrogen) atoms. The fourth-order valence-corrected chi connectivity index (χ4v) is 2.32. The van der Waals surface area contributed by atoms with E-state index in [0.29, 0.717) is 6.04 Å². The summed E-state index contributed by atoms with van der Waals surface area (Å²) in [5, 5.41) is 4.42. The van der Waals surface area contributed by atoms with E-state index in [2.05, 4.69) is 42.3 Å². The third-order valence-corrected chi connectivity index (χ3v) is 3.89. The number of hydrogen-bond donors (Lipinski definition) is 1. The van der Waals surface area contributed by atoms with Crippen LogP contribution >= 0.6 is 11.6 Å². The predicted octanol–water partition coefficient (Wildman–Crippen LogP) is 2.59. The lowest BCUT2D eigenvalue weighted by atomic mass is 10.1. The van der Waals surface area contributed by atoms with E-state index in [1.54, 1.807) is 0 Å². The average Bonchev–Trinajstić information content (AvgIpc) is 3.18. The summed E-state index contributed by atoms with van der Waals surface area (Å²) in [7, 11) is 6.33. The van der Waals surface area contributed by atoms with Crippen molar-refractivity contribution in [3.05, 3.63) is 28.8 Å². The Balaban J connectivity index is 2.06. The fourth-order valence-electron chi connectivity index (χ4n) is 2.08. The molecule has 0 radical (unpaired) electrons. The lowest BCUT2D eigenvalue weighted by Gasteiger charge is -2.25. The molecule has 0 unspecified atom stereocenters. The first-order valence-electron chi connectivity index (χ1n) is 6.94. The van der Waals surface area contributed by atoms with Gasteiger partial charge in [0.1, 0.15) is 0 Å². The molecule has 0 atom stereocenters. The third-order valence-electron chi connectivity index (χ3n) is 3.53. The van der Waals surface area contributed by atoms with Crippen LogP contribution in [0.5, 0.6) is 0 Å². The van der Waals surface area contributed by atoms with Gasteiger partial charge in [-0.3, -0.25) is 0 Å². The highest BCUT2D eigenvalue weighted by molar-refractivity contribution is 6.31. The van der Waals surface area contributed by atoms with Crippen LogP contribution in [0.15, 0.2) is 18.2 Å². The van der Waals surface area contributed by atoms with Gasteiger partial charge < -0.3 is 15.1 Å². The molecule has 0 aliphatic heterocycles. The summed E-state index contributed by atoms with van der Waals surface area (Å²) >= 11 is 6.36. The summed E-state index contributed by atoms with van der Waals surface area (Å²) in [5.74, 6) is 0. The molecule has 0 bridgehead atoms. The van der Waals surface area contributed by atoms with Crippen LogP contribution in [0, 0.1) is 0 Å². The zero-order valence-electron chi connectivity index (χ0n) is 12.1. The van der Waals surface area contributed by atoms with Crippen LogP contribution < -0.4 is 10.2 Å². The molecule has 0 saturated heterocycles. The maximum atomic E-state index is 6.36. The van der Waals surface area contributed by atoms with Crippen molar-refractivity contribution in [2.24, 2.45) is 0 Å². The Morgan fingerprint density at radius 1 is 1.21 bits per heavy atom. The first kappa shape index (κ1) is 14.6. The van der Waals surface area contributed by atoms with Gasteiger partial charge in [0.25, 0.3) is 0 Å². The maximum Gasteiger partial charge on any atom is 0.0471 e. The van der Waals surface area contributed by atoms with Gasteiger partial charge in [-0.15, -0.1) is 0 Å². The number of anilines is 1. The van der Waals surface area contributed by atoms with E-state index in [1.807, 2.05) is 12.1 Å². The number of halogens is 1. The molecular weight excluding hydrogens is 258 g/mol. The van der Waals surface area contributed by atoms with Crippen LogP contribution in [0.3, 0.4) is 0 Å². The van der Waals surface area contributed by atoms with Crippen molar-refractivity contribution in [1.82, 2.24) is 10.2 Å². The van der Waals surface area contributed by atoms with Crippen molar-refractivity contribution in [3.63, 3.8) is 0 Å². The summed E-state index contributed by atoms with van der Waals surface area (Å²) in [6, 6.07) is 6.88. The number of hydrogen-bond acceptors (Lipinski definition) is 3. The molecular formula is C15H24ClN3. The van der Waals surface area contributed by atoms with Gasteiger partial charge in [0.05, 0.1) is 0 Å². The number of likely N-dealkylation sites (N-methyl/N-ethyl adjacent to an activating group) is 2. The van der Waals surface area contributed by atoms with Crippen LogP contribution in [0.1, 0.15) is 18.4 Å². The standard InChI is InChI=1S/C15H24ClN3/c1-18(2)9-10-19(3)15-6-4-5-14(16)13(15)11-17-12-7-8-12/h4-6,12,17H,7-11H2,1-3H3. The smallest absolute Gasteiger partial charge is 0.0471 e. The largest absolute Gasteiger partial charge is 0.373 e. The molecule has 1 N–H and O–H groups in total. The maximum absolute atomic E-state index is 6.36. The highest BCUT2D eigenvalue weighted by Gasteiger charge is 2.21. The summed E-state index contributed by atoms with van der Waals surface area (Å²) in [6.45, 7) is 2.91. The Morgan fingerprint density at radius 2 is 1.95 bits per heavy atom. The van der Waals surface area contributed by atoms with Gasteiger partial charge in [-0.1, -0.05) is 17.7 Å². The number of nitrogens with one attached hydrogen (secondary N) is 1. The van der Waals surface area contributed by atoms with Crippen LogP contribution in [-0.2, 0) is 6.54 Å². The van der Waals surface area contributed by atoms with Crippen LogP contribution in [0.2, 0.25) is 5.02 Å². The monoisotopic (exact) mass is 281 g/mol. The number of rotatable bonds is 7. The molecule has 4 heteroatoms. The van der Waals surface area contributed by atoms with E-state index < -0.39 is 0 Å². The van der Waals surface area contributed by atoms with Crippen LogP contribution in [0.25, 0.3) is 0 Å². The van der Waals surface area contributed by atoms with Crippen molar-refractivity contribution in [1.29, 1.82) is 0 Å². The average molecular weight is 282 g/mol. The predicted molar refractivity (Wildman–Crippen MR) is 83.1 cm³/mol. The molecule has 3 nitrogen and oxygen atoms in total. The first-order chi connectivity index (χ1) is 9.08. The fraction of sp³-hybridized carbons (Fsp3) is 0.600. The Hall–Kier alpha value is -0.770. The van der Waals surface area contributed by atoms with Gasteiger partial charge in [-0.05, 0) is 39.1 Å². The van der Waals surface area contributed by atoms with Crippen molar-refractivity contribution >= 4 is 17.3 Å². The van der Waals surface area contributed by atoms with Crippen molar-refractivity contribution < 1.29 is 0 Å². The second-order valence-electron chi connectivity index (χ2n) is 5.62.